The van der Waals surface area contributed by atoms with Gasteiger partial charge in [-0.15, -0.1) is 0 Å². The molecule has 2 aliphatic rings. The van der Waals surface area contributed by atoms with E-state index < -0.39 is 11.3 Å². The van der Waals surface area contributed by atoms with Crippen molar-refractivity contribution in [1.82, 2.24) is 0 Å². The first-order chi connectivity index (χ1) is 8.46. The Hall–Kier alpha value is -1.07. The number of ether oxygens (including phenoxy) is 2. The minimum absolute atomic E-state index is 0.101. The molecule has 0 aromatic heterocycles. The number of hydrogen-bond acceptors (Lipinski definition) is 3. The van der Waals surface area contributed by atoms with E-state index >= 15 is 0 Å². The van der Waals surface area contributed by atoms with Crippen molar-refractivity contribution in [2.24, 2.45) is 5.73 Å². The third-order valence-electron chi connectivity index (χ3n) is 3.62. The van der Waals surface area contributed by atoms with Crippen LogP contribution in [0.3, 0.4) is 0 Å². The zero-order chi connectivity index (χ0) is 13.0. The Bertz CT molecular complexity index is 499. The molecule has 1 aliphatic carbocycles. The lowest BCUT2D eigenvalue weighted by atomic mass is 9.62. The molecule has 98 valence electrons. The fourth-order valence-electron chi connectivity index (χ4n) is 2.68. The summed E-state index contributed by atoms with van der Waals surface area (Å²) in [5, 5.41) is 0.378. The Morgan fingerprint density at radius 1 is 1.28 bits per heavy atom. The lowest BCUT2D eigenvalue weighted by Gasteiger charge is -2.47. The van der Waals surface area contributed by atoms with E-state index in [4.69, 9.17) is 26.8 Å². The molecule has 0 bridgehead atoms. The number of halogens is 3. The van der Waals surface area contributed by atoms with Crippen LogP contribution < -0.4 is 15.2 Å². The number of alkyl halides is 2. The van der Waals surface area contributed by atoms with E-state index in [1.807, 2.05) is 0 Å². The number of nitrogens with two attached hydrogens (primary N) is 1. The monoisotopic (exact) mass is 275 g/mol. The largest absolute Gasteiger partial charge is 0.454 e. The highest BCUT2D eigenvalue weighted by Crippen LogP contribution is 2.55. The highest BCUT2D eigenvalue weighted by molar-refractivity contribution is 6.32. The van der Waals surface area contributed by atoms with E-state index in [1.54, 1.807) is 12.1 Å². The zero-order valence-corrected chi connectivity index (χ0v) is 10.3. The quantitative estimate of drug-likeness (QED) is 0.902. The molecule has 0 saturated heterocycles. The average Bonchev–Trinajstić information content (AvgIpc) is 2.73. The lowest BCUT2D eigenvalue weighted by molar-refractivity contribution is -0.123. The van der Waals surface area contributed by atoms with Gasteiger partial charge in [-0.2, -0.15) is 0 Å². The van der Waals surface area contributed by atoms with Crippen LogP contribution in [-0.4, -0.2) is 19.3 Å². The molecule has 1 aromatic carbocycles. The Morgan fingerprint density at radius 3 is 2.61 bits per heavy atom. The second-order valence-electron chi connectivity index (χ2n) is 4.89. The van der Waals surface area contributed by atoms with Gasteiger partial charge in [-0.1, -0.05) is 11.6 Å². The molecule has 6 heteroatoms. The maximum atomic E-state index is 13.1. The minimum Gasteiger partial charge on any atom is -0.454 e. The van der Waals surface area contributed by atoms with Gasteiger partial charge in [-0.3, -0.25) is 0 Å². The summed E-state index contributed by atoms with van der Waals surface area (Å²) < 4.78 is 36.7. The number of rotatable bonds is 2. The van der Waals surface area contributed by atoms with Gasteiger partial charge in [0.05, 0.1) is 5.02 Å². The first-order valence-corrected chi connectivity index (χ1v) is 6.01. The molecule has 1 saturated carbocycles. The Balaban J connectivity index is 2.00. The number of fused-ring (bicyclic) bond motifs is 1. The molecule has 3 rings (SSSR count). The molecule has 0 atom stereocenters. The first kappa shape index (κ1) is 12.0. The molecule has 1 aliphatic heterocycles. The summed E-state index contributed by atoms with van der Waals surface area (Å²) in [7, 11) is 0. The van der Waals surface area contributed by atoms with Gasteiger partial charge in [-0.25, -0.2) is 8.78 Å². The summed E-state index contributed by atoms with van der Waals surface area (Å²) in [5.74, 6) is -1.67. The summed E-state index contributed by atoms with van der Waals surface area (Å²) in [4.78, 5) is 0. The standard InChI is InChI=1S/C12H12ClF2NO2/c13-8-1-7(2-9-10(8)18-6-17-9)11(5-16)3-12(14,15)4-11/h1-2H,3-6,16H2. The normalized spacial score (nSPS) is 22.7. The number of hydrogen-bond donors (Lipinski definition) is 1. The third-order valence-corrected chi connectivity index (χ3v) is 3.91. The van der Waals surface area contributed by atoms with Gasteiger partial charge in [0, 0.05) is 24.8 Å². The summed E-state index contributed by atoms with van der Waals surface area (Å²) in [5.41, 5.74) is 5.67. The van der Waals surface area contributed by atoms with Crippen molar-refractivity contribution in [2.75, 3.05) is 13.3 Å². The van der Waals surface area contributed by atoms with E-state index in [0.29, 0.717) is 22.1 Å². The van der Waals surface area contributed by atoms with Gasteiger partial charge >= 0.3 is 0 Å². The molecule has 18 heavy (non-hydrogen) atoms. The van der Waals surface area contributed by atoms with Crippen molar-refractivity contribution in [2.45, 2.75) is 24.2 Å². The topological polar surface area (TPSA) is 44.5 Å². The van der Waals surface area contributed by atoms with Crippen LogP contribution in [0.25, 0.3) is 0 Å². The molecular weight excluding hydrogens is 264 g/mol. The molecule has 0 spiro atoms. The van der Waals surface area contributed by atoms with Crippen molar-refractivity contribution in [3.8, 4) is 11.5 Å². The molecule has 1 heterocycles. The Labute approximate surface area is 108 Å². The van der Waals surface area contributed by atoms with Gasteiger partial charge in [0.2, 0.25) is 12.7 Å². The fraction of sp³-hybridized carbons (Fsp3) is 0.500. The van der Waals surface area contributed by atoms with Crippen LogP contribution in [-0.2, 0) is 5.41 Å². The van der Waals surface area contributed by atoms with Gasteiger partial charge in [0.25, 0.3) is 0 Å². The fourth-order valence-corrected chi connectivity index (χ4v) is 2.94. The first-order valence-electron chi connectivity index (χ1n) is 5.63. The van der Waals surface area contributed by atoms with Crippen molar-refractivity contribution in [3.63, 3.8) is 0 Å². The van der Waals surface area contributed by atoms with Gasteiger partial charge in [-0.05, 0) is 17.7 Å². The van der Waals surface area contributed by atoms with Crippen LogP contribution in [0.5, 0.6) is 11.5 Å². The summed E-state index contributed by atoms with van der Waals surface area (Å²) in [6, 6.07) is 3.35. The zero-order valence-electron chi connectivity index (χ0n) is 9.51. The minimum atomic E-state index is -2.64. The smallest absolute Gasteiger partial charge is 0.250 e. The summed E-state index contributed by atoms with van der Waals surface area (Å²) >= 11 is 6.06. The van der Waals surface area contributed by atoms with Crippen molar-refractivity contribution in [1.29, 1.82) is 0 Å². The third kappa shape index (κ3) is 1.65. The van der Waals surface area contributed by atoms with Crippen molar-refractivity contribution >= 4 is 11.6 Å². The predicted molar refractivity (Wildman–Crippen MR) is 62.5 cm³/mol. The van der Waals surface area contributed by atoms with Crippen LogP contribution in [0.4, 0.5) is 8.78 Å². The second kappa shape index (κ2) is 3.71. The van der Waals surface area contributed by atoms with Crippen LogP contribution in [0.15, 0.2) is 12.1 Å². The van der Waals surface area contributed by atoms with Crippen molar-refractivity contribution < 1.29 is 18.3 Å². The van der Waals surface area contributed by atoms with E-state index in [2.05, 4.69) is 0 Å². The molecule has 2 N–H and O–H groups in total. The summed E-state index contributed by atoms with van der Waals surface area (Å²) in [6.45, 7) is 0.267. The predicted octanol–water partition coefficient (Wildman–Crippen LogP) is 2.69. The average molecular weight is 276 g/mol. The van der Waals surface area contributed by atoms with Crippen LogP contribution in [0.1, 0.15) is 18.4 Å². The Morgan fingerprint density at radius 2 is 2.00 bits per heavy atom. The molecule has 0 unspecified atom stereocenters. The van der Waals surface area contributed by atoms with Gasteiger partial charge in [0.15, 0.2) is 11.5 Å². The molecule has 1 aromatic rings. The molecule has 0 radical (unpaired) electrons. The van der Waals surface area contributed by atoms with Gasteiger partial charge in [0.1, 0.15) is 0 Å². The summed E-state index contributed by atoms with van der Waals surface area (Å²) in [6.07, 6.45) is -0.487. The second-order valence-corrected chi connectivity index (χ2v) is 5.29. The van der Waals surface area contributed by atoms with Gasteiger partial charge < -0.3 is 15.2 Å². The number of benzene rings is 1. The molecular formula is C12H12ClF2NO2. The van der Waals surface area contributed by atoms with Crippen LogP contribution in [0, 0.1) is 0 Å². The van der Waals surface area contributed by atoms with E-state index in [9.17, 15) is 8.78 Å². The lowest BCUT2D eigenvalue weighted by Crippen LogP contribution is -2.53. The SMILES string of the molecule is NCC1(c2cc(Cl)c3c(c2)OCO3)CC(F)(F)C1. The van der Waals surface area contributed by atoms with Crippen LogP contribution >= 0.6 is 11.6 Å². The maximum Gasteiger partial charge on any atom is 0.250 e. The van der Waals surface area contributed by atoms with Crippen molar-refractivity contribution in [3.05, 3.63) is 22.7 Å². The van der Waals surface area contributed by atoms with Crippen LogP contribution in [0.2, 0.25) is 5.02 Å². The van der Waals surface area contributed by atoms with E-state index in [-0.39, 0.29) is 26.2 Å². The van der Waals surface area contributed by atoms with E-state index in [1.165, 1.54) is 0 Å². The highest BCUT2D eigenvalue weighted by Gasteiger charge is 2.56. The van der Waals surface area contributed by atoms with E-state index in [0.717, 1.165) is 0 Å². The molecule has 1 fully saturated rings. The maximum absolute atomic E-state index is 13.1. The Kier molecular flexibility index (Phi) is 2.47. The molecule has 3 nitrogen and oxygen atoms in total. The molecule has 0 amide bonds. The highest BCUT2D eigenvalue weighted by atomic mass is 35.5.